The van der Waals surface area contributed by atoms with E-state index in [0.29, 0.717) is 42.9 Å². The third kappa shape index (κ3) is 3.59. The summed E-state index contributed by atoms with van der Waals surface area (Å²) >= 11 is 0. The number of carbonyl (C=O) groups is 1. The van der Waals surface area contributed by atoms with E-state index in [0.717, 1.165) is 19.5 Å². The van der Waals surface area contributed by atoms with Crippen LogP contribution in [0, 0.1) is 40.4 Å². The molecule has 238 valence electrons. The highest BCUT2D eigenvalue weighted by Gasteiger charge is 2.86. The van der Waals surface area contributed by atoms with Crippen LogP contribution < -0.4 is 9.47 Å². The molecule has 5 aliphatic carbocycles. The molecule has 2 N–H and O–H groups in total. The molecule has 6 unspecified atom stereocenters. The lowest BCUT2D eigenvalue weighted by Gasteiger charge is -2.68. The molecule has 6 aliphatic rings. The van der Waals surface area contributed by atoms with Gasteiger partial charge in [-0.2, -0.15) is 0 Å². The molecule has 1 heterocycles. The first kappa shape index (κ1) is 29.7. The third-order valence-corrected chi connectivity index (χ3v) is 13.0. The minimum absolute atomic E-state index is 0.0214. The first-order chi connectivity index (χ1) is 20.7. The number of aliphatic hydroxyl groups excluding tert-OH is 1. The normalized spacial score (nSPS) is 47.3. The van der Waals surface area contributed by atoms with Crippen molar-refractivity contribution in [3.63, 3.8) is 0 Å². The molecule has 1 saturated heterocycles. The van der Waals surface area contributed by atoms with Crippen LogP contribution in [0.3, 0.4) is 0 Å². The molecular formula is C33H47NO9. The summed E-state index contributed by atoms with van der Waals surface area (Å²) in [6.45, 7) is 4.43. The van der Waals surface area contributed by atoms with Gasteiger partial charge in [0.1, 0.15) is 6.10 Å². The van der Waals surface area contributed by atoms with Gasteiger partial charge in [0.05, 0.1) is 50.3 Å². The highest BCUT2D eigenvalue weighted by molar-refractivity contribution is 5.90. The quantitative estimate of drug-likeness (QED) is 0.409. The van der Waals surface area contributed by atoms with Crippen molar-refractivity contribution >= 4 is 5.97 Å². The number of hydrogen-bond donors (Lipinski definition) is 2. The number of fused-ring (bicyclic) bond motifs is 2. The Kier molecular flexibility index (Phi) is 7.12. The Labute approximate surface area is 253 Å². The zero-order valence-corrected chi connectivity index (χ0v) is 26.2. The Bertz CT molecular complexity index is 1260. The van der Waals surface area contributed by atoms with Crippen molar-refractivity contribution < 1.29 is 43.4 Å². The van der Waals surface area contributed by atoms with E-state index >= 15 is 0 Å². The van der Waals surface area contributed by atoms with Gasteiger partial charge in [0.2, 0.25) is 0 Å². The molecular weight excluding hydrogens is 554 g/mol. The first-order valence-corrected chi connectivity index (χ1v) is 15.8. The summed E-state index contributed by atoms with van der Waals surface area (Å²) in [5, 5.41) is 25.4. The lowest BCUT2D eigenvalue weighted by molar-refractivity contribution is -0.272. The van der Waals surface area contributed by atoms with Gasteiger partial charge in [-0.05, 0) is 49.9 Å². The highest BCUT2D eigenvalue weighted by atomic mass is 16.6. The second kappa shape index (κ2) is 10.3. The fourth-order valence-corrected chi connectivity index (χ4v) is 12.0. The van der Waals surface area contributed by atoms with Gasteiger partial charge >= 0.3 is 5.97 Å². The van der Waals surface area contributed by atoms with Gasteiger partial charge in [-0.3, -0.25) is 4.90 Å². The zero-order chi connectivity index (χ0) is 30.5. The number of nitrogens with zero attached hydrogens (tertiary/aromatic N) is 1. The highest BCUT2D eigenvalue weighted by Crippen LogP contribution is 2.79. The number of esters is 1. The number of methoxy groups -OCH3 is 5. The molecule has 1 aromatic rings. The van der Waals surface area contributed by atoms with Crippen LogP contribution in [0.2, 0.25) is 0 Å². The average Bonchev–Trinajstić information content (AvgIpc) is 3.45. The maximum Gasteiger partial charge on any atom is 0.338 e. The van der Waals surface area contributed by atoms with Gasteiger partial charge < -0.3 is 38.6 Å². The molecule has 7 bridgehead atoms. The SMILES string of the molecule is CCN1C[C@]2(COC)CC[C@H](O)[C@@]34C5C[C@H]6C(OC(=O)c7ccc(OC)c(OC)c7)C5[C@](O)(C[C@@H]6OC)[C@@H](C(OC)C23)C14. The van der Waals surface area contributed by atoms with Crippen molar-refractivity contribution in [2.45, 2.75) is 68.7 Å². The lowest BCUT2D eigenvalue weighted by atomic mass is 9.43. The predicted molar refractivity (Wildman–Crippen MR) is 155 cm³/mol. The molecule has 0 aromatic heterocycles. The molecule has 0 amide bonds. The lowest BCUT2D eigenvalue weighted by Crippen LogP contribution is -2.76. The van der Waals surface area contributed by atoms with Gasteiger partial charge in [0.15, 0.2) is 11.5 Å². The first-order valence-electron chi connectivity index (χ1n) is 15.8. The number of piperidine rings is 1. The standard InChI is InChI=1S/C33H47NO9/c1-7-34-15-31(16-38-2)11-10-23(35)33-19-13-18-22(41-5)14-32(37,25(29(33)34)27(42-6)28(31)33)24(19)26(18)43-30(36)17-8-9-20(39-3)21(12-17)40-4/h8-9,12,18-19,22-29,35,37H,7,10-11,13-16H2,1-6H3/t18-,19?,22+,23+,24?,25+,26?,27?,28?,29?,31+,32-,33+/m1/s1. The van der Waals surface area contributed by atoms with Crippen LogP contribution in [0.1, 0.15) is 43.0 Å². The second-order valence-electron chi connectivity index (χ2n) is 14.0. The summed E-state index contributed by atoms with van der Waals surface area (Å²) in [6.07, 6.45) is 1.03. The van der Waals surface area contributed by atoms with Crippen molar-refractivity contribution in [1.82, 2.24) is 4.90 Å². The monoisotopic (exact) mass is 601 g/mol. The third-order valence-electron chi connectivity index (χ3n) is 13.0. The van der Waals surface area contributed by atoms with E-state index in [1.807, 2.05) is 0 Å². The van der Waals surface area contributed by atoms with Crippen LogP contribution in [0.5, 0.6) is 11.5 Å². The van der Waals surface area contributed by atoms with Gasteiger partial charge in [-0.1, -0.05) is 6.92 Å². The average molecular weight is 602 g/mol. The Balaban J connectivity index is 1.36. The van der Waals surface area contributed by atoms with Gasteiger partial charge in [0.25, 0.3) is 0 Å². The van der Waals surface area contributed by atoms with Crippen LogP contribution in [0.15, 0.2) is 18.2 Å². The summed E-state index contributed by atoms with van der Waals surface area (Å²) in [6, 6.07) is 4.96. The maximum atomic E-state index is 13.8. The zero-order valence-electron chi connectivity index (χ0n) is 26.2. The molecule has 13 atom stereocenters. The number of aliphatic hydroxyl groups is 2. The van der Waals surface area contributed by atoms with Gasteiger partial charge in [0, 0.05) is 74.8 Å². The minimum atomic E-state index is -1.20. The van der Waals surface area contributed by atoms with E-state index in [9.17, 15) is 15.0 Å². The Morgan fingerprint density at radius 2 is 1.81 bits per heavy atom. The molecule has 10 nitrogen and oxygen atoms in total. The number of likely N-dealkylation sites (tertiary alicyclic amines) is 1. The fourth-order valence-electron chi connectivity index (χ4n) is 12.0. The number of ether oxygens (including phenoxy) is 6. The van der Waals surface area contributed by atoms with Crippen LogP contribution in [-0.4, -0.2) is 112 Å². The van der Waals surface area contributed by atoms with E-state index in [1.165, 1.54) is 7.11 Å². The molecule has 0 radical (unpaired) electrons. The Morgan fingerprint density at radius 1 is 1.05 bits per heavy atom. The minimum Gasteiger partial charge on any atom is -0.493 e. The second-order valence-corrected chi connectivity index (χ2v) is 14.0. The number of rotatable bonds is 9. The van der Waals surface area contributed by atoms with Crippen molar-refractivity contribution in [1.29, 1.82) is 0 Å². The molecule has 7 rings (SSSR count). The van der Waals surface area contributed by atoms with E-state index in [-0.39, 0.29) is 53.3 Å². The van der Waals surface area contributed by atoms with Crippen molar-refractivity contribution in [2.75, 3.05) is 55.2 Å². The summed E-state index contributed by atoms with van der Waals surface area (Å²) in [4.78, 5) is 16.3. The van der Waals surface area contributed by atoms with Gasteiger partial charge in [-0.25, -0.2) is 4.79 Å². The summed E-state index contributed by atoms with van der Waals surface area (Å²) in [5.74, 6) is -0.258. The van der Waals surface area contributed by atoms with Crippen molar-refractivity contribution in [3.05, 3.63) is 23.8 Å². The van der Waals surface area contributed by atoms with E-state index in [4.69, 9.17) is 28.4 Å². The molecule has 10 heteroatoms. The predicted octanol–water partition coefficient (Wildman–Crippen LogP) is 2.38. The van der Waals surface area contributed by atoms with Crippen LogP contribution in [-0.2, 0) is 18.9 Å². The van der Waals surface area contributed by atoms with E-state index in [2.05, 4.69) is 11.8 Å². The van der Waals surface area contributed by atoms with Gasteiger partial charge in [-0.15, -0.1) is 0 Å². The molecule has 1 spiro atoms. The summed E-state index contributed by atoms with van der Waals surface area (Å²) in [5.41, 5.74) is -1.56. The van der Waals surface area contributed by atoms with E-state index < -0.39 is 29.2 Å². The maximum absolute atomic E-state index is 13.8. The molecule has 5 saturated carbocycles. The number of benzene rings is 1. The number of hydrogen-bond acceptors (Lipinski definition) is 10. The van der Waals surface area contributed by atoms with Crippen LogP contribution >= 0.6 is 0 Å². The van der Waals surface area contributed by atoms with Crippen LogP contribution in [0.25, 0.3) is 0 Å². The molecule has 43 heavy (non-hydrogen) atoms. The smallest absolute Gasteiger partial charge is 0.338 e. The van der Waals surface area contributed by atoms with Crippen molar-refractivity contribution in [2.24, 2.45) is 40.4 Å². The molecule has 6 fully saturated rings. The van der Waals surface area contributed by atoms with Crippen molar-refractivity contribution in [3.8, 4) is 11.5 Å². The molecule has 1 aliphatic heterocycles. The Morgan fingerprint density at radius 3 is 2.47 bits per heavy atom. The Hall–Kier alpha value is -1.95. The van der Waals surface area contributed by atoms with E-state index in [1.54, 1.807) is 46.6 Å². The van der Waals surface area contributed by atoms with Crippen LogP contribution in [0.4, 0.5) is 0 Å². The number of carbonyl (C=O) groups excluding carboxylic acids is 1. The fraction of sp³-hybridized carbons (Fsp3) is 0.788. The molecule has 1 aromatic carbocycles. The topological polar surface area (TPSA) is 116 Å². The largest absolute Gasteiger partial charge is 0.493 e. The summed E-state index contributed by atoms with van der Waals surface area (Å²) in [7, 11) is 8.29. The summed E-state index contributed by atoms with van der Waals surface area (Å²) < 4.78 is 35.7.